The number of nitrogens with zero attached hydrogens (tertiary/aromatic N) is 1. The first-order valence-corrected chi connectivity index (χ1v) is 6.65. The van der Waals surface area contributed by atoms with Crippen molar-refractivity contribution < 1.29 is 9.53 Å². The van der Waals surface area contributed by atoms with Crippen molar-refractivity contribution in [2.24, 2.45) is 0 Å². The maximum absolute atomic E-state index is 12.2. The second-order valence-electron chi connectivity index (χ2n) is 4.64. The van der Waals surface area contributed by atoms with Crippen LogP contribution in [0.15, 0.2) is 54.6 Å². The quantitative estimate of drug-likeness (QED) is 0.833. The van der Waals surface area contributed by atoms with E-state index in [-0.39, 0.29) is 5.91 Å². The number of amides is 1. The number of methoxy groups -OCH3 is 1. The van der Waals surface area contributed by atoms with Gasteiger partial charge in [0.1, 0.15) is 5.75 Å². The summed E-state index contributed by atoms with van der Waals surface area (Å²) in [5.74, 6) is 0.936. The number of aryl methyl sites for hydroxylation is 1. The number of benzene rings is 2. The van der Waals surface area contributed by atoms with E-state index in [1.807, 2.05) is 61.6 Å². The zero-order chi connectivity index (χ0) is 14.4. The van der Waals surface area contributed by atoms with Gasteiger partial charge in [-0.25, -0.2) is 0 Å². The summed E-state index contributed by atoms with van der Waals surface area (Å²) in [4.78, 5) is 13.9. The second kappa shape index (κ2) is 6.75. The van der Waals surface area contributed by atoms with E-state index in [2.05, 4.69) is 0 Å². The molecule has 0 aromatic heterocycles. The second-order valence-corrected chi connectivity index (χ2v) is 4.64. The molecular formula is C17H19NO2. The summed E-state index contributed by atoms with van der Waals surface area (Å²) in [5.41, 5.74) is 2.03. The topological polar surface area (TPSA) is 29.5 Å². The smallest absolute Gasteiger partial charge is 0.227 e. The van der Waals surface area contributed by atoms with Crippen LogP contribution in [-0.4, -0.2) is 20.1 Å². The van der Waals surface area contributed by atoms with E-state index in [9.17, 15) is 4.79 Å². The molecule has 0 radical (unpaired) electrons. The third kappa shape index (κ3) is 3.60. The molecule has 0 N–H and O–H groups in total. The zero-order valence-corrected chi connectivity index (χ0v) is 11.9. The van der Waals surface area contributed by atoms with Crippen LogP contribution in [0.4, 0.5) is 5.69 Å². The van der Waals surface area contributed by atoms with Gasteiger partial charge in [-0.05, 0) is 36.2 Å². The third-order valence-electron chi connectivity index (χ3n) is 3.28. The van der Waals surface area contributed by atoms with Gasteiger partial charge in [0.15, 0.2) is 0 Å². The molecule has 0 spiro atoms. The third-order valence-corrected chi connectivity index (χ3v) is 3.28. The van der Waals surface area contributed by atoms with Crippen molar-refractivity contribution in [3.05, 3.63) is 60.2 Å². The van der Waals surface area contributed by atoms with Gasteiger partial charge in [0, 0.05) is 19.2 Å². The van der Waals surface area contributed by atoms with Crippen LogP contribution in [0.1, 0.15) is 12.0 Å². The molecule has 0 saturated carbocycles. The maximum atomic E-state index is 12.2. The highest BCUT2D eigenvalue weighted by atomic mass is 16.5. The van der Waals surface area contributed by atoms with E-state index >= 15 is 0 Å². The molecule has 2 aromatic carbocycles. The van der Waals surface area contributed by atoms with Crippen molar-refractivity contribution in [3.8, 4) is 5.75 Å². The number of carbonyl (C=O) groups excluding carboxylic acids is 1. The molecule has 0 unspecified atom stereocenters. The molecule has 0 aliphatic carbocycles. The highest BCUT2D eigenvalue weighted by Gasteiger charge is 2.10. The van der Waals surface area contributed by atoms with Crippen LogP contribution >= 0.6 is 0 Å². The summed E-state index contributed by atoms with van der Waals surface area (Å²) in [5, 5.41) is 0. The predicted molar refractivity (Wildman–Crippen MR) is 81.2 cm³/mol. The average Bonchev–Trinajstić information content (AvgIpc) is 2.53. The van der Waals surface area contributed by atoms with Crippen LogP contribution in [0.3, 0.4) is 0 Å². The highest BCUT2D eigenvalue weighted by Crippen LogP contribution is 2.16. The zero-order valence-electron chi connectivity index (χ0n) is 11.9. The SMILES string of the molecule is COc1cccc(CCC(=O)N(C)c2ccccc2)c1. The van der Waals surface area contributed by atoms with E-state index < -0.39 is 0 Å². The fraction of sp³-hybridized carbons (Fsp3) is 0.235. The summed E-state index contributed by atoms with van der Waals surface area (Å²) < 4.78 is 5.18. The van der Waals surface area contributed by atoms with Gasteiger partial charge < -0.3 is 9.64 Å². The Morgan fingerprint density at radius 3 is 2.55 bits per heavy atom. The number of ether oxygens (including phenoxy) is 1. The van der Waals surface area contributed by atoms with Crippen LogP contribution in [0.25, 0.3) is 0 Å². The number of hydrogen-bond acceptors (Lipinski definition) is 2. The lowest BCUT2D eigenvalue weighted by molar-refractivity contribution is -0.118. The molecule has 0 aliphatic rings. The molecule has 0 bridgehead atoms. The number of para-hydroxylation sites is 1. The largest absolute Gasteiger partial charge is 0.497 e. The molecule has 2 rings (SSSR count). The lowest BCUT2D eigenvalue weighted by atomic mass is 10.1. The first-order chi connectivity index (χ1) is 9.70. The highest BCUT2D eigenvalue weighted by molar-refractivity contribution is 5.92. The average molecular weight is 269 g/mol. The van der Waals surface area contributed by atoms with Gasteiger partial charge in [-0.3, -0.25) is 4.79 Å². The minimum atomic E-state index is 0.110. The summed E-state index contributed by atoms with van der Waals surface area (Å²) >= 11 is 0. The Bertz CT molecular complexity index is 566. The van der Waals surface area contributed by atoms with Crippen LogP contribution in [0.5, 0.6) is 5.75 Å². The van der Waals surface area contributed by atoms with E-state index in [0.29, 0.717) is 12.8 Å². The first kappa shape index (κ1) is 14.1. The van der Waals surface area contributed by atoms with Crippen molar-refractivity contribution in [1.29, 1.82) is 0 Å². The van der Waals surface area contributed by atoms with Crippen molar-refractivity contribution >= 4 is 11.6 Å². The van der Waals surface area contributed by atoms with Gasteiger partial charge >= 0.3 is 0 Å². The minimum absolute atomic E-state index is 0.110. The summed E-state index contributed by atoms with van der Waals surface area (Å²) in [7, 11) is 3.46. The van der Waals surface area contributed by atoms with Gasteiger partial charge in [0.2, 0.25) is 5.91 Å². The Morgan fingerprint density at radius 1 is 1.10 bits per heavy atom. The van der Waals surface area contributed by atoms with Gasteiger partial charge in [-0.2, -0.15) is 0 Å². The van der Waals surface area contributed by atoms with E-state index in [0.717, 1.165) is 17.0 Å². The summed E-state index contributed by atoms with van der Waals surface area (Å²) in [6, 6.07) is 17.5. The molecule has 0 fully saturated rings. The molecule has 1 amide bonds. The molecule has 2 aromatic rings. The Balaban J connectivity index is 1.95. The minimum Gasteiger partial charge on any atom is -0.497 e. The van der Waals surface area contributed by atoms with Gasteiger partial charge in [0.25, 0.3) is 0 Å². The van der Waals surface area contributed by atoms with Crippen molar-refractivity contribution in [1.82, 2.24) is 0 Å². The molecule has 104 valence electrons. The van der Waals surface area contributed by atoms with Crippen molar-refractivity contribution in [2.75, 3.05) is 19.1 Å². The number of hydrogen-bond donors (Lipinski definition) is 0. The van der Waals surface area contributed by atoms with Gasteiger partial charge in [0.05, 0.1) is 7.11 Å². The standard InChI is InChI=1S/C17H19NO2/c1-18(15-8-4-3-5-9-15)17(19)12-11-14-7-6-10-16(13-14)20-2/h3-10,13H,11-12H2,1-2H3. The van der Waals surface area contributed by atoms with Crippen LogP contribution < -0.4 is 9.64 Å². The van der Waals surface area contributed by atoms with Gasteiger partial charge in [-0.1, -0.05) is 30.3 Å². The fourth-order valence-corrected chi connectivity index (χ4v) is 2.04. The molecule has 0 aliphatic heterocycles. The number of carbonyl (C=O) groups is 1. The number of anilines is 1. The van der Waals surface area contributed by atoms with Gasteiger partial charge in [-0.15, -0.1) is 0 Å². The predicted octanol–water partition coefficient (Wildman–Crippen LogP) is 3.29. The van der Waals surface area contributed by atoms with Crippen molar-refractivity contribution in [3.63, 3.8) is 0 Å². The first-order valence-electron chi connectivity index (χ1n) is 6.65. The summed E-state index contributed by atoms with van der Waals surface area (Å²) in [6.45, 7) is 0. The molecule has 0 saturated heterocycles. The Kier molecular flexibility index (Phi) is 4.77. The van der Waals surface area contributed by atoms with E-state index in [1.165, 1.54) is 0 Å². The van der Waals surface area contributed by atoms with Crippen LogP contribution in [0.2, 0.25) is 0 Å². The molecule has 0 atom stereocenters. The maximum Gasteiger partial charge on any atom is 0.227 e. The molecule has 3 nitrogen and oxygen atoms in total. The Hall–Kier alpha value is -2.29. The molecule has 3 heteroatoms. The lowest BCUT2D eigenvalue weighted by Gasteiger charge is -2.17. The normalized spacial score (nSPS) is 10.1. The van der Waals surface area contributed by atoms with Crippen LogP contribution in [0, 0.1) is 0 Å². The fourth-order valence-electron chi connectivity index (χ4n) is 2.04. The molecule has 0 heterocycles. The van der Waals surface area contributed by atoms with E-state index in [4.69, 9.17) is 4.74 Å². The number of rotatable bonds is 5. The Morgan fingerprint density at radius 2 is 1.85 bits per heavy atom. The monoisotopic (exact) mass is 269 g/mol. The van der Waals surface area contributed by atoms with Crippen LogP contribution in [-0.2, 0) is 11.2 Å². The summed E-state index contributed by atoms with van der Waals surface area (Å²) in [6.07, 6.45) is 1.20. The Labute approximate surface area is 119 Å². The van der Waals surface area contributed by atoms with Crippen molar-refractivity contribution in [2.45, 2.75) is 12.8 Å². The molecular weight excluding hydrogens is 250 g/mol. The van der Waals surface area contributed by atoms with E-state index in [1.54, 1.807) is 12.0 Å². The lowest BCUT2D eigenvalue weighted by Crippen LogP contribution is -2.26. The molecule has 20 heavy (non-hydrogen) atoms.